The molecule has 214 valence electrons. The maximum absolute atomic E-state index is 2.51. The highest BCUT2D eigenvalue weighted by Gasteiger charge is 2.22. The number of hydrogen-bond acceptors (Lipinski definition) is 1. The molecule has 2 aromatic heterocycles. The number of aromatic nitrogens is 1. The molecule has 0 saturated carbocycles. The second-order valence-electron chi connectivity index (χ2n) is 12.1. The molecule has 0 N–H and O–H groups in total. The molecule has 2 heterocycles. The van der Waals surface area contributed by atoms with Gasteiger partial charge in [0.1, 0.15) is 0 Å². The maximum atomic E-state index is 2.51. The van der Waals surface area contributed by atoms with E-state index in [1.165, 1.54) is 91.5 Å². The molecule has 0 unspecified atom stereocenters. The highest BCUT2D eigenvalue weighted by Crippen LogP contribution is 2.48. The largest absolute Gasteiger partial charge is 0.308 e. The predicted molar refractivity (Wildman–Crippen MR) is 200 cm³/mol. The van der Waals surface area contributed by atoms with E-state index in [4.69, 9.17) is 0 Å². The number of hydrogen-bond donors (Lipinski definition) is 0. The first-order valence-electron chi connectivity index (χ1n) is 15.8. The summed E-state index contributed by atoms with van der Waals surface area (Å²) < 4.78 is 5.17. The van der Waals surface area contributed by atoms with Crippen molar-refractivity contribution in [2.24, 2.45) is 0 Å². The standard InChI is InChI=1S/C44H27NS/c1-2-10-28(11-3-1)30-20-23-34(24-21-30)45-39-25-22-33(32-19-18-29-12-4-5-13-31(29)26-32)27-38(39)41-35-14-6-7-15-36(35)42-37-16-8-9-17-40(37)46-44(42)43(41)45/h1-27H. The molecule has 0 aliphatic carbocycles. The molecule has 0 aliphatic heterocycles. The van der Waals surface area contributed by atoms with Gasteiger partial charge in [0.2, 0.25) is 0 Å². The highest BCUT2D eigenvalue weighted by atomic mass is 32.1. The van der Waals surface area contributed by atoms with E-state index in [1.54, 1.807) is 0 Å². The third-order valence-corrected chi connectivity index (χ3v) is 10.7. The van der Waals surface area contributed by atoms with Crippen LogP contribution < -0.4 is 0 Å². The number of fused-ring (bicyclic) bond motifs is 11. The summed E-state index contributed by atoms with van der Waals surface area (Å²) in [5, 5.41) is 10.4. The van der Waals surface area contributed by atoms with Crippen molar-refractivity contribution in [1.82, 2.24) is 4.57 Å². The summed E-state index contributed by atoms with van der Waals surface area (Å²) in [6.45, 7) is 0. The summed E-state index contributed by atoms with van der Waals surface area (Å²) >= 11 is 1.91. The summed E-state index contributed by atoms with van der Waals surface area (Å²) in [6, 6.07) is 60.1. The van der Waals surface area contributed by atoms with Gasteiger partial charge in [-0.05, 0) is 80.2 Å². The van der Waals surface area contributed by atoms with E-state index in [0.717, 1.165) is 0 Å². The van der Waals surface area contributed by atoms with E-state index in [-0.39, 0.29) is 0 Å². The molecule has 10 rings (SSSR count). The van der Waals surface area contributed by atoms with Gasteiger partial charge < -0.3 is 4.57 Å². The van der Waals surface area contributed by atoms with Crippen LogP contribution in [0.4, 0.5) is 0 Å². The van der Waals surface area contributed by atoms with Crippen molar-refractivity contribution in [1.29, 1.82) is 0 Å². The maximum Gasteiger partial charge on any atom is 0.0726 e. The molecular formula is C44H27NS. The summed E-state index contributed by atoms with van der Waals surface area (Å²) in [7, 11) is 0. The van der Waals surface area contributed by atoms with E-state index in [0.29, 0.717) is 0 Å². The Labute approximate surface area is 270 Å². The molecule has 2 heteroatoms. The summed E-state index contributed by atoms with van der Waals surface area (Å²) in [5.74, 6) is 0. The molecule has 0 radical (unpaired) electrons. The van der Waals surface area contributed by atoms with Gasteiger partial charge in [-0.15, -0.1) is 11.3 Å². The molecule has 0 spiro atoms. The van der Waals surface area contributed by atoms with Gasteiger partial charge in [0.05, 0.1) is 15.7 Å². The first-order valence-corrected chi connectivity index (χ1v) is 16.6. The lowest BCUT2D eigenvalue weighted by molar-refractivity contribution is 1.19. The SMILES string of the molecule is c1ccc(-c2ccc(-n3c4ccc(-c5ccc6ccccc6c5)cc4c4c5ccccc5c5c6ccccc6sc5c43)cc2)cc1. The van der Waals surface area contributed by atoms with Gasteiger partial charge in [-0.3, -0.25) is 0 Å². The van der Waals surface area contributed by atoms with Crippen molar-refractivity contribution in [2.45, 2.75) is 0 Å². The second-order valence-corrected chi connectivity index (χ2v) is 13.2. The van der Waals surface area contributed by atoms with Gasteiger partial charge in [0, 0.05) is 31.9 Å². The molecule has 0 amide bonds. The lowest BCUT2D eigenvalue weighted by Crippen LogP contribution is -1.94. The number of rotatable bonds is 3. The van der Waals surface area contributed by atoms with Crippen molar-refractivity contribution in [3.8, 4) is 27.9 Å². The van der Waals surface area contributed by atoms with Crippen molar-refractivity contribution in [3.05, 3.63) is 164 Å². The summed E-state index contributed by atoms with van der Waals surface area (Å²) in [4.78, 5) is 0. The zero-order valence-corrected chi connectivity index (χ0v) is 25.8. The lowest BCUT2D eigenvalue weighted by Gasteiger charge is -2.11. The van der Waals surface area contributed by atoms with Crippen LogP contribution in [0.25, 0.3) is 91.5 Å². The van der Waals surface area contributed by atoms with Gasteiger partial charge >= 0.3 is 0 Å². The topological polar surface area (TPSA) is 4.93 Å². The first-order chi connectivity index (χ1) is 22.8. The van der Waals surface area contributed by atoms with E-state index < -0.39 is 0 Å². The van der Waals surface area contributed by atoms with Gasteiger partial charge in [-0.2, -0.15) is 0 Å². The quantitative estimate of drug-likeness (QED) is 0.190. The van der Waals surface area contributed by atoms with Gasteiger partial charge in [-0.1, -0.05) is 127 Å². The molecule has 0 atom stereocenters. The normalized spacial score (nSPS) is 11.9. The minimum absolute atomic E-state index is 1.17. The molecule has 10 aromatic rings. The van der Waals surface area contributed by atoms with E-state index in [1.807, 2.05) is 11.3 Å². The van der Waals surface area contributed by atoms with Crippen LogP contribution in [-0.4, -0.2) is 4.57 Å². The average Bonchev–Trinajstić information content (AvgIpc) is 3.68. The first kappa shape index (κ1) is 25.6. The monoisotopic (exact) mass is 601 g/mol. The average molecular weight is 602 g/mol. The van der Waals surface area contributed by atoms with Crippen molar-refractivity contribution < 1.29 is 0 Å². The molecule has 46 heavy (non-hydrogen) atoms. The van der Waals surface area contributed by atoms with E-state index >= 15 is 0 Å². The number of nitrogens with zero attached hydrogens (tertiary/aromatic N) is 1. The van der Waals surface area contributed by atoms with Crippen LogP contribution in [0.15, 0.2) is 164 Å². The molecule has 0 aliphatic rings. The van der Waals surface area contributed by atoms with Gasteiger partial charge in [0.15, 0.2) is 0 Å². The fourth-order valence-electron chi connectivity index (χ4n) is 7.43. The van der Waals surface area contributed by atoms with Crippen LogP contribution in [0.2, 0.25) is 0 Å². The number of benzene rings is 8. The Bertz CT molecular complexity index is 2780. The molecular weight excluding hydrogens is 575 g/mol. The zero-order valence-electron chi connectivity index (χ0n) is 24.9. The Morgan fingerprint density at radius 1 is 0.391 bits per heavy atom. The molecule has 8 aromatic carbocycles. The van der Waals surface area contributed by atoms with Gasteiger partial charge in [0.25, 0.3) is 0 Å². The van der Waals surface area contributed by atoms with Crippen LogP contribution in [0.3, 0.4) is 0 Å². The molecule has 1 nitrogen and oxygen atoms in total. The lowest BCUT2D eigenvalue weighted by atomic mass is 9.96. The minimum Gasteiger partial charge on any atom is -0.308 e. The third-order valence-electron chi connectivity index (χ3n) is 9.56. The Morgan fingerprint density at radius 3 is 1.83 bits per heavy atom. The van der Waals surface area contributed by atoms with Crippen LogP contribution in [0.1, 0.15) is 0 Å². The van der Waals surface area contributed by atoms with E-state index in [2.05, 4.69) is 168 Å². The Morgan fingerprint density at radius 2 is 1.00 bits per heavy atom. The molecule has 0 bridgehead atoms. The van der Waals surface area contributed by atoms with Crippen molar-refractivity contribution in [3.63, 3.8) is 0 Å². The summed E-state index contributed by atoms with van der Waals surface area (Å²) in [5.41, 5.74) is 8.61. The summed E-state index contributed by atoms with van der Waals surface area (Å²) in [6.07, 6.45) is 0. The van der Waals surface area contributed by atoms with Crippen LogP contribution in [0.5, 0.6) is 0 Å². The predicted octanol–water partition coefficient (Wildman–Crippen LogP) is 12.8. The smallest absolute Gasteiger partial charge is 0.0726 e. The van der Waals surface area contributed by atoms with Crippen molar-refractivity contribution >= 4 is 74.9 Å². The fourth-order valence-corrected chi connectivity index (χ4v) is 8.69. The Hall–Kier alpha value is -5.70. The number of thiophene rings is 1. The Balaban J connectivity index is 1.33. The van der Waals surface area contributed by atoms with E-state index in [9.17, 15) is 0 Å². The third kappa shape index (κ3) is 3.74. The molecule has 0 saturated heterocycles. The van der Waals surface area contributed by atoms with Crippen molar-refractivity contribution in [2.75, 3.05) is 0 Å². The van der Waals surface area contributed by atoms with Crippen LogP contribution >= 0.6 is 11.3 Å². The van der Waals surface area contributed by atoms with Crippen LogP contribution in [-0.2, 0) is 0 Å². The zero-order chi connectivity index (χ0) is 30.2. The second kappa shape index (κ2) is 9.90. The Kier molecular flexibility index (Phi) is 5.51. The highest BCUT2D eigenvalue weighted by molar-refractivity contribution is 7.27. The fraction of sp³-hybridized carbons (Fsp3) is 0. The molecule has 0 fully saturated rings. The van der Waals surface area contributed by atoms with Crippen LogP contribution in [0, 0.1) is 0 Å². The minimum atomic E-state index is 1.17. The van der Waals surface area contributed by atoms with Gasteiger partial charge in [-0.25, -0.2) is 0 Å².